The van der Waals surface area contributed by atoms with Gasteiger partial charge < -0.3 is 4.42 Å². The number of para-hydroxylation sites is 1. The van der Waals surface area contributed by atoms with Crippen molar-refractivity contribution in [3.63, 3.8) is 0 Å². The molecular formula is C41H25N5O. The molecule has 0 N–H and O–H groups in total. The average Bonchev–Trinajstić information content (AvgIpc) is 3.54. The second-order valence-electron chi connectivity index (χ2n) is 11.4. The smallest absolute Gasteiger partial charge is 0.164 e. The maximum absolute atomic E-state index is 6.23. The second-order valence-corrected chi connectivity index (χ2v) is 11.4. The van der Waals surface area contributed by atoms with E-state index in [9.17, 15) is 0 Å². The SMILES string of the molecule is c1ccc(-c2ccc(-c3nc(-c4ccccc4)nc(-c4ccc(-c5cc6c(cn5)oc5c7ccccc7ncc65)cc4)n3)cc2)cc1. The quantitative estimate of drug-likeness (QED) is 0.195. The van der Waals surface area contributed by atoms with Crippen LogP contribution >= 0.6 is 0 Å². The van der Waals surface area contributed by atoms with Crippen LogP contribution in [0.4, 0.5) is 0 Å². The van der Waals surface area contributed by atoms with E-state index in [4.69, 9.17) is 24.4 Å². The van der Waals surface area contributed by atoms with Crippen molar-refractivity contribution in [3.8, 4) is 56.5 Å². The molecule has 0 saturated heterocycles. The van der Waals surface area contributed by atoms with Crippen molar-refractivity contribution < 1.29 is 4.42 Å². The minimum atomic E-state index is 0.606. The molecule has 5 aromatic carbocycles. The van der Waals surface area contributed by atoms with Gasteiger partial charge in [-0.25, -0.2) is 15.0 Å². The van der Waals surface area contributed by atoms with Crippen LogP contribution in [0.5, 0.6) is 0 Å². The third-order valence-electron chi connectivity index (χ3n) is 8.45. The van der Waals surface area contributed by atoms with E-state index in [1.54, 1.807) is 6.20 Å². The molecule has 4 heterocycles. The van der Waals surface area contributed by atoms with E-state index in [1.165, 1.54) is 5.56 Å². The Morgan fingerprint density at radius 2 is 0.894 bits per heavy atom. The monoisotopic (exact) mass is 603 g/mol. The van der Waals surface area contributed by atoms with Crippen LogP contribution in [0.1, 0.15) is 0 Å². The van der Waals surface area contributed by atoms with E-state index in [-0.39, 0.29) is 0 Å². The molecule has 0 aliphatic heterocycles. The lowest BCUT2D eigenvalue weighted by Gasteiger charge is -2.09. The molecule has 220 valence electrons. The standard InChI is InChI=1S/C41H25N5O/c1-3-9-26(10-4-1)27-15-19-30(20-16-27)40-44-39(29-11-5-2-6-12-29)45-41(46-40)31-21-17-28(18-22-31)36-23-33-34-24-42-35-14-8-7-13-32(35)38(34)47-37(33)25-43-36/h1-25H. The van der Waals surface area contributed by atoms with Crippen molar-refractivity contribution in [2.45, 2.75) is 0 Å². The van der Waals surface area contributed by atoms with E-state index in [0.29, 0.717) is 17.5 Å². The number of furan rings is 1. The van der Waals surface area contributed by atoms with Crippen molar-refractivity contribution in [2.24, 2.45) is 0 Å². The third-order valence-corrected chi connectivity index (χ3v) is 8.45. The number of rotatable bonds is 5. The van der Waals surface area contributed by atoms with Crippen LogP contribution in [0, 0.1) is 0 Å². The first kappa shape index (κ1) is 26.8. The molecule has 47 heavy (non-hydrogen) atoms. The fourth-order valence-electron chi connectivity index (χ4n) is 6.00. The van der Waals surface area contributed by atoms with E-state index in [2.05, 4.69) is 59.6 Å². The zero-order valence-corrected chi connectivity index (χ0v) is 25.1. The van der Waals surface area contributed by atoms with Crippen molar-refractivity contribution in [3.05, 3.63) is 152 Å². The molecule has 0 unspecified atom stereocenters. The first-order valence-corrected chi connectivity index (χ1v) is 15.4. The summed E-state index contributed by atoms with van der Waals surface area (Å²) in [5.41, 5.74) is 9.35. The topological polar surface area (TPSA) is 77.6 Å². The third kappa shape index (κ3) is 4.89. The summed E-state index contributed by atoms with van der Waals surface area (Å²) >= 11 is 0. The Hall–Kier alpha value is -6.53. The van der Waals surface area contributed by atoms with Crippen molar-refractivity contribution in [1.29, 1.82) is 0 Å². The summed E-state index contributed by atoms with van der Waals surface area (Å²) in [5, 5.41) is 2.95. The number of nitrogens with zero attached hydrogens (tertiary/aromatic N) is 5. The second kappa shape index (κ2) is 11.1. The molecule has 0 fully saturated rings. The lowest BCUT2D eigenvalue weighted by molar-refractivity contribution is 0.670. The molecular weight excluding hydrogens is 578 g/mol. The summed E-state index contributed by atoms with van der Waals surface area (Å²) in [6, 6.07) is 47.0. The normalized spacial score (nSPS) is 11.4. The van der Waals surface area contributed by atoms with Gasteiger partial charge in [-0.05, 0) is 29.3 Å². The van der Waals surface area contributed by atoms with Gasteiger partial charge in [-0.15, -0.1) is 0 Å². The fourth-order valence-corrected chi connectivity index (χ4v) is 6.00. The van der Waals surface area contributed by atoms with Gasteiger partial charge in [0.25, 0.3) is 0 Å². The van der Waals surface area contributed by atoms with Crippen molar-refractivity contribution in [1.82, 2.24) is 24.9 Å². The molecule has 0 saturated carbocycles. The van der Waals surface area contributed by atoms with Gasteiger partial charge in [0.2, 0.25) is 0 Å². The Kier molecular flexibility index (Phi) is 6.35. The lowest BCUT2D eigenvalue weighted by atomic mass is 10.0. The van der Waals surface area contributed by atoms with Crippen molar-refractivity contribution in [2.75, 3.05) is 0 Å². The van der Waals surface area contributed by atoms with Gasteiger partial charge in [-0.1, -0.05) is 121 Å². The fraction of sp³-hybridized carbons (Fsp3) is 0. The lowest BCUT2D eigenvalue weighted by Crippen LogP contribution is -2.00. The number of aromatic nitrogens is 5. The number of hydrogen-bond acceptors (Lipinski definition) is 6. The Morgan fingerprint density at radius 1 is 0.383 bits per heavy atom. The van der Waals surface area contributed by atoms with E-state index >= 15 is 0 Å². The highest BCUT2D eigenvalue weighted by atomic mass is 16.3. The van der Waals surface area contributed by atoms with Gasteiger partial charge in [-0.2, -0.15) is 0 Å². The number of benzene rings is 5. The number of hydrogen-bond donors (Lipinski definition) is 0. The maximum atomic E-state index is 6.23. The molecule has 4 aromatic heterocycles. The molecule has 0 spiro atoms. The zero-order valence-electron chi connectivity index (χ0n) is 25.1. The molecule has 9 rings (SSSR count). The Morgan fingerprint density at radius 3 is 1.55 bits per heavy atom. The summed E-state index contributed by atoms with van der Waals surface area (Å²) in [5.74, 6) is 1.86. The molecule has 0 amide bonds. The molecule has 0 atom stereocenters. The van der Waals surface area contributed by atoms with E-state index in [1.807, 2.05) is 91.1 Å². The molecule has 0 bridgehead atoms. The van der Waals surface area contributed by atoms with Crippen LogP contribution in [0.25, 0.3) is 89.4 Å². The summed E-state index contributed by atoms with van der Waals surface area (Å²) in [6.45, 7) is 0. The highest BCUT2D eigenvalue weighted by Gasteiger charge is 2.15. The zero-order chi connectivity index (χ0) is 31.2. The Balaban J connectivity index is 1.09. The molecule has 0 aliphatic rings. The molecule has 0 radical (unpaired) electrons. The van der Waals surface area contributed by atoms with Crippen LogP contribution < -0.4 is 0 Å². The summed E-state index contributed by atoms with van der Waals surface area (Å²) in [4.78, 5) is 24.1. The van der Waals surface area contributed by atoms with Crippen LogP contribution in [-0.2, 0) is 0 Å². The summed E-state index contributed by atoms with van der Waals surface area (Å²) in [6.07, 6.45) is 3.68. The predicted molar refractivity (Wildman–Crippen MR) is 187 cm³/mol. The first-order chi connectivity index (χ1) is 23.3. The van der Waals surface area contributed by atoms with Gasteiger partial charge >= 0.3 is 0 Å². The first-order valence-electron chi connectivity index (χ1n) is 15.4. The van der Waals surface area contributed by atoms with E-state index < -0.39 is 0 Å². The predicted octanol–water partition coefficient (Wildman–Crippen LogP) is 10.0. The maximum Gasteiger partial charge on any atom is 0.164 e. The molecule has 0 aliphatic carbocycles. The minimum absolute atomic E-state index is 0.606. The average molecular weight is 604 g/mol. The van der Waals surface area contributed by atoms with Crippen LogP contribution in [-0.4, -0.2) is 24.9 Å². The Bertz CT molecular complexity index is 2540. The highest BCUT2D eigenvalue weighted by molar-refractivity contribution is 6.13. The highest BCUT2D eigenvalue weighted by Crippen LogP contribution is 2.35. The molecule has 6 nitrogen and oxygen atoms in total. The summed E-state index contributed by atoms with van der Waals surface area (Å²) < 4.78 is 6.23. The van der Waals surface area contributed by atoms with Gasteiger partial charge in [0.15, 0.2) is 23.1 Å². The number of fused-ring (bicyclic) bond motifs is 5. The van der Waals surface area contributed by atoms with Crippen LogP contribution in [0.15, 0.2) is 156 Å². The van der Waals surface area contributed by atoms with Crippen LogP contribution in [0.3, 0.4) is 0 Å². The number of pyridine rings is 2. The minimum Gasteiger partial charge on any atom is -0.454 e. The van der Waals surface area contributed by atoms with Gasteiger partial charge in [0.05, 0.1) is 17.4 Å². The van der Waals surface area contributed by atoms with Crippen LogP contribution in [0.2, 0.25) is 0 Å². The van der Waals surface area contributed by atoms with Gasteiger partial charge in [0, 0.05) is 44.6 Å². The van der Waals surface area contributed by atoms with Gasteiger partial charge in [0.1, 0.15) is 5.58 Å². The summed E-state index contributed by atoms with van der Waals surface area (Å²) in [7, 11) is 0. The Labute approximate surface area is 270 Å². The largest absolute Gasteiger partial charge is 0.454 e. The molecule has 9 aromatic rings. The molecule has 6 heteroatoms. The van der Waals surface area contributed by atoms with Crippen molar-refractivity contribution >= 4 is 32.8 Å². The van der Waals surface area contributed by atoms with Gasteiger partial charge in [-0.3, -0.25) is 9.97 Å². The van der Waals surface area contributed by atoms with E-state index in [0.717, 1.165) is 66.4 Å².